The van der Waals surface area contributed by atoms with Gasteiger partial charge in [0.2, 0.25) is 5.91 Å². The van der Waals surface area contributed by atoms with Gasteiger partial charge in [-0.1, -0.05) is 25.4 Å². The fraction of sp³-hybridized carbons (Fsp3) is 0.591. The zero-order valence-corrected chi connectivity index (χ0v) is 19.3. The van der Waals surface area contributed by atoms with Crippen LogP contribution in [0.25, 0.3) is 5.69 Å². The van der Waals surface area contributed by atoms with Gasteiger partial charge in [0.1, 0.15) is 18.5 Å². The number of carbonyl (C=O) groups excluding carboxylic acids is 2. The van der Waals surface area contributed by atoms with Crippen LogP contribution in [0.1, 0.15) is 52.0 Å². The van der Waals surface area contributed by atoms with Crippen molar-refractivity contribution in [1.29, 1.82) is 0 Å². The van der Waals surface area contributed by atoms with Crippen LogP contribution in [0.15, 0.2) is 24.5 Å². The quantitative estimate of drug-likeness (QED) is 0.654. The molecule has 2 fully saturated rings. The van der Waals surface area contributed by atoms with E-state index in [0.717, 1.165) is 18.4 Å². The second-order valence-electron chi connectivity index (χ2n) is 9.49. The Morgan fingerprint density at radius 1 is 1.34 bits per heavy atom. The molecule has 2 N–H and O–H groups in total. The predicted molar refractivity (Wildman–Crippen MR) is 118 cm³/mol. The van der Waals surface area contributed by atoms with Crippen molar-refractivity contribution in [1.82, 2.24) is 30.4 Å². The Balaban J connectivity index is 1.47. The molecule has 2 amide bonds. The first-order valence-corrected chi connectivity index (χ1v) is 11.4. The van der Waals surface area contributed by atoms with E-state index in [9.17, 15) is 14.7 Å². The number of rotatable bonds is 7. The molecule has 0 spiro atoms. The molecule has 2 aromatic rings. The lowest BCUT2D eigenvalue weighted by Crippen LogP contribution is -2.51. The molecule has 1 saturated heterocycles. The van der Waals surface area contributed by atoms with Crippen LogP contribution in [0.5, 0.6) is 0 Å². The number of hydrogen-bond acceptors (Lipinski definition) is 6. The number of nitrogens with one attached hydrogen (secondary N) is 1. The van der Waals surface area contributed by atoms with Crippen LogP contribution in [-0.4, -0.2) is 60.2 Å². The van der Waals surface area contributed by atoms with Gasteiger partial charge in [0.25, 0.3) is 5.91 Å². The minimum absolute atomic E-state index is 0.0423. The van der Waals surface area contributed by atoms with Crippen molar-refractivity contribution in [2.45, 2.75) is 71.2 Å². The maximum absolute atomic E-state index is 13.2. The highest BCUT2D eigenvalue weighted by Crippen LogP contribution is 2.49. The molecule has 2 heterocycles. The van der Waals surface area contributed by atoms with E-state index in [-0.39, 0.29) is 35.7 Å². The maximum atomic E-state index is 13.2. The van der Waals surface area contributed by atoms with Crippen LogP contribution in [0.4, 0.5) is 0 Å². The molecule has 1 aromatic heterocycles. The van der Waals surface area contributed by atoms with Crippen LogP contribution in [0, 0.1) is 11.3 Å². The minimum Gasteiger partial charge on any atom is -0.383 e. The van der Waals surface area contributed by atoms with Crippen LogP contribution < -0.4 is 5.32 Å². The summed E-state index contributed by atoms with van der Waals surface area (Å²) in [5, 5.41) is 25.3. The highest BCUT2D eigenvalue weighted by atomic mass is 35.5. The van der Waals surface area contributed by atoms with Crippen molar-refractivity contribution in [3.8, 4) is 5.69 Å². The van der Waals surface area contributed by atoms with Crippen molar-refractivity contribution < 1.29 is 14.7 Å². The van der Waals surface area contributed by atoms with Gasteiger partial charge >= 0.3 is 0 Å². The number of aliphatic hydroxyl groups is 1. The van der Waals surface area contributed by atoms with E-state index < -0.39 is 12.1 Å². The third kappa shape index (κ3) is 4.63. The fourth-order valence-electron chi connectivity index (χ4n) is 4.44. The smallest absolute Gasteiger partial charge is 0.252 e. The fourth-order valence-corrected chi connectivity index (χ4v) is 4.64. The Hall–Kier alpha value is -2.52. The lowest BCUT2D eigenvalue weighted by atomic mass is 9.99. The zero-order valence-electron chi connectivity index (χ0n) is 18.5. The SMILES string of the molecule is CC1[C@@H](C)C[C@@H](C(=O)NCc2cc(Cl)ccc2-n2cnnn2)N1C(=O)[C@H](O)CC1(C)CC1. The van der Waals surface area contributed by atoms with E-state index in [1.54, 1.807) is 23.1 Å². The van der Waals surface area contributed by atoms with Crippen LogP contribution in [0.2, 0.25) is 5.02 Å². The summed E-state index contributed by atoms with van der Waals surface area (Å²) >= 11 is 6.16. The average molecular weight is 461 g/mol. The second kappa shape index (κ2) is 8.78. The number of carbonyl (C=O) groups is 2. The lowest BCUT2D eigenvalue weighted by Gasteiger charge is -2.31. The normalized spacial score (nSPS) is 24.9. The molecule has 4 atom stereocenters. The number of amides is 2. The molecule has 32 heavy (non-hydrogen) atoms. The van der Waals surface area contributed by atoms with Gasteiger partial charge in [-0.15, -0.1) is 5.10 Å². The Bertz CT molecular complexity index is 994. The number of benzene rings is 1. The molecule has 9 nitrogen and oxygen atoms in total. The molecule has 2 aliphatic rings. The molecule has 10 heteroatoms. The monoisotopic (exact) mass is 460 g/mol. The number of aromatic nitrogens is 4. The van der Waals surface area contributed by atoms with E-state index in [1.165, 1.54) is 11.0 Å². The van der Waals surface area contributed by atoms with Gasteiger partial charge < -0.3 is 15.3 Å². The third-order valence-electron chi connectivity index (χ3n) is 6.92. The van der Waals surface area contributed by atoms with Gasteiger partial charge in [0, 0.05) is 17.6 Å². The largest absolute Gasteiger partial charge is 0.383 e. The number of tetrazole rings is 1. The molecule has 0 radical (unpaired) electrons. The Morgan fingerprint density at radius 3 is 2.75 bits per heavy atom. The average Bonchev–Trinajstić information content (AvgIpc) is 3.14. The van der Waals surface area contributed by atoms with Crippen LogP contribution in [-0.2, 0) is 16.1 Å². The molecular weight excluding hydrogens is 432 g/mol. The summed E-state index contributed by atoms with van der Waals surface area (Å²) in [6, 6.07) is 4.52. The van der Waals surface area contributed by atoms with E-state index in [1.807, 2.05) is 13.8 Å². The number of hydrogen-bond donors (Lipinski definition) is 2. The highest BCUT2D eigenvalue weighted by molar-refractivity contribution is 6.30. The van der Waals surface area contributed by atoms with Crippen molar-refractivity contribution in [3.63, 3.8) is 0 Å². The first-order valence-electron chi connectivity index (χ1n) is 11.0. The first-order chi connectivity index (χ1) is 15.2. The zero-order chi connectivity index (χ0) is 23.0. The summed E-state index contributed by atoms with van der Waals surface area (Å²) in [7, 11) is 0. The number of aliphatic hydroxyl groups excluding tert-OH is 1. The molecule has 4 rings (SSSR count). The molecule has 0 bridgehead atoms. The summed E-state index contributed by atoms with van der Waals surface area (Å²) in [6.07, 6.45) is 3.43. The number of nitrogens with zero attached hydrogens (tertiary/aromatic N) is 5. The highest BCUT2D eigenvalue weighted by Gasteiger charge is 2.47. The van der Waals surface area contributed by atoms with Crippen LogP contribution in [0.3, 0.4) is 0 Å². The minimum atomic E-state index is -1.08. The molecule has 1 aliphatic carbocycles. The Kier molecular flexibility index (Phi) is 6.22. The molecule has 1 saturated carbocycles. The van der Waals surface area contributed by atoms with E-state index in [2.05, 4.69) is 27.8 Å². The lowest BCUT2D eigenvalue weighted by molar-refractivity contribution is -0.148. The third-order valence-corrected chi connectivity index (χ3v) is 7.15. The Labute approximate surface area is 192 Å². The maximum Gasteiger partial charge on any atom is 0.252 e. The molecular formula is C22H29ClN6O3. The van der Waals surface area contributed by atoms with Crippen LogP contribution >= 0.6 is 11.6 Å². The first kappa shape index (κ1) is 22.7. The van der Waals surface area contributed by atoms with Crippen molar-refractivity contribution in [2.75, 3.05) is 0 Å². The molecule has 172 valence electrons. The number of likely N-dealkylation sites (tertiary alicyclic amines) is 1. The van der Waals surface area contributed by atoms with Gasteiger partial charge in [-0.2, -0.15) is 0 Å². The number of halogens is 1. The summed E-state index contributed by atoms with van der Waals surface area (Å²) in [5.74, 6) is -0.448. The standard InChI is InChI=1S/C22H29ClN6O3/c1-13-8-18(29(14(13)2)21(32)19(30)10-22(3)6-7-22)20(31)24-11-15-9-16(23)4-5-17(15)28-12-25-26-27-28/h4-5,9,12-14,18-19,30H,6-8,10-11H2,1-3H3,(H,24,31)/t13-,14?,18-,19+/m0/s1. The van der Waals surface area contributed by atoms with Gasteiger partial charge in [-0.05, 0) is 78.1 Å². The topological polar surface area (TPSA) is 113 Å². The Morgan fingerprint density at radius 2 is 2.09 bits per heavy atom. The van der Waals surface area contributed by atoms with Crippen molar-refractivity contribution >= 4 is 23.4 Å². The molecule has 1 unspecified atom stereocenters. The van der Waals surface area contributed by atoms with Gasteiger partial charge in [-0.3, -0.25) is 9.59 Å². The summed E-state index contributed by atoms with van der Waals surface area (Å²) in [6.45, 7) is 6.25. The summed E-state index contributed by atoms with van der Waals surface area (Å²) in [4.78, 5) is 27.8. The van der Waals surface area contributed by atoms with E-state index in [0.29, 0.717) is 23.6 Å². The van der Waals surface area contributed by atoms with Crippen molar-refractivity contribution in [3.05, 3.63) is 35.1 Å². The van der Waals surface area contributed by atoms with Gasteiger partial charge in [-0.25, -0.2) is 4.68 Å². The predicted octanol–water partition coefficient (Wildman–Crippen LogP) is 2.11. The summed E-state index contributed by atoms with van der Waals surface area (Å²) in [5.41, 5.74) is 1.49. The van der Waals surface area contributed by atoms with E-state index in [4.69, 9.17) is 11.6 Å². The van der Waals surface area contributed by atoms with Crippen molar-refractivity contribution in [2.24, 2.45) is 11.3 Å². The summed E-state index contributed by atoms with van der Waals surface area (Å²) < 4.78 is 1.50. The van der Waals surface area contributed by atoms with Gasteiger partial charge in [0.05, 0.1) is 5.69 Å². The second-order valence-corrected chi connectivity index (χ2v) is 9.93. The van der Waals surface area contributed by atoms with E-state index >= 15 is 0 Å². The van der Waals surface area contributed by atoms with Gasteiger partial charge in [0.15, 0.2) is 0 Å². The molecule has 1 aromatic carbocycles. The molecule has 1 aliphatic heterocycles.